The number of anilines is 3. The van der Waals surface area contributed by atoms with Crippen LogP contribution in [-0.4, -0.2) is 4.57 Å². The van der Waals surface area contributed by atoms with Crippen LogP contribution in [0.25, 0.3) is 83.1 Å². The number of nitrogens with zero attached hydrogens (tertiary/aromatic N) is 2. The van der Waals surface area contributed by atoms with Crippen molar-refractivity contribution in [2.45, 2.75) is 33.1 Å². The summed E-state index contributed by atoms with van der Waals surface area (Å²) in [6, 6.07) is 85.1. The lowest BCUT2D eigenvalue weighted by molar-refractivity contribution is 0.660. The molecular formula is C65H50N2. The van der Waals surface area contributed by atoms with Crippen LogP contribution in [0.15, 0.2) is 231 Å². The molecule has 0 spiro atoms. The van der Waals surface area contributed by atoms with Gasteiger partial charge in [0, 0.05) is 44.4 Å². The van der Waals surface area contributed by atoms with Crippen molar-refractivity contribution in [2.75, 3.05) is 4.90 Å². The summed E-state index contributed by atoms with van der Waals surface area (Å²) in [5, 5.41) is 2.60. The Kier molecular flexibility index (Phi) is 9.66. The predicted molar refractivity (Wildman–Crippen MR) is 284 cm³/mol. The third-order valence-electron chi connectivity index (χ3n) is 14.1. The lowest BCUT2D eigenvalue weighted by Gasteiger charge is -2.32. The number of hydrogen-bond donors (Lipinski definition) is 0. The van der Waals surface area contributed by atoms with Crippen molar-refractivity contribution in [3.63, 3.8) is 0 Å². The van der Waals surface area contributed by atoms with E-state index in [1.165, 1.54) is 99.7 Å². The van der Waals surface area contributed by atoms with Crippen LogP contribution < -0.4 is 4.90 Å². The van der Waals surface area contributed by atoms with Gasteiger partial charge in [-0.2, -0.15) is 0 Å². The number of fused-ring (bicyclic) bond motifs is 6. The molecule has 0 saturated carbocycles. The summed E-state index contributed by atoms with van der Waals surface area (Å²) in [5.74, 6) is 0. The second kappa shape index (κ2) is 16.0. The van der Waals surface area contributed by atoms with Crippen LogP contribution in [-0.2, 0) is 5.41 Å². The molecule has 2 heteroatoms. The Balaban J connectivity index is 0.922. The van der Waals surface area contributed by atoms with E-state index in [-0.39, 0.29) is 5.41 Å². The average Bonchev–Trinajstić information content (AvgIpc) is 3.81. The Morgan fingerprint density at radius 2 is 0.791 bits per heavy atom. The zero-order chi connectivity index (χ0) is 45.2. The van der Waals surface area contributed by atoms with Gasteiger partial charge in [-0.05, 0) is 130 Å². The molecule has 0 amide bonds. The minimum absolute atomic E-state index is 0.141. The first-order valence-corrected chi connectivity index (χ1v) is 23.4. The third kappa shape index (κ3) is 6.87. The summed E-state index contributed by atoms with van der Waals surface area (Å²) in [7, 11) is 0. The SMILES string of the molecule is Cc1ccc2c(c1)c1cc(C)ccc1n2-c1ccc(-c2ccc(-c3ccc(N(c4ccc5c(c4)C(C)(C)c4ccccc4-5)c4c(-c5ccccc5)cccc4-c4ccccc4)cc3)cc2)cc1. The van der Waals surface area contributed by atoms with Crippen molar-refractivity contribution in [3.8, 4) is 61.3 Å². The van der Waals surface area contributed by atoms with Crippen molar-refractivity contribution in [3.05, 3.63) is 253 Å². The van der Waals surface area contributed by atoms with Gasteiger partial charge >= 0.3 is 0 Å². The van der Waals surface area contributed by atoms with Crippen molar-refractivity contribution in [1.82, 2.24) is 4.57 Å². The first-order chi connectivity index (χ1) is 32.8. The van der Waals surface area contributed by atoms with E-state index >= 15 is 0 Å². The normalized spacial score (nSPS) is 12.6. The van der Waals surface area contributed by atoms with Gasteiger partial charge in [-0.15, -0.1) is 0 Å². The molecule has 0 bridgehead atoms. The zero-order valence-electron chi connectivity index (χ0n) is 38.3. The van der Waals surface area contributed by atoms with Gasteiger partial charge in [0.2, 0.25) is 0 Å². The Bertz CT molecular complexity index is 3520. The number of aromatic nitrogens is 1. The molecule has 10 aromatic carbocycles. The predicted octanol–water partition coefficient (Wildman–Crippen LogP) is 17.8. The molecule has 1 aliphatic rings. The lowest BCUT2D eigenvalue weighted by Crippen LogP contribution is -2.17. The summed E-state index contributed by atoms with van der Waals surface area (Å²) in [4.78, 5) is 2.49. The molecule has 1 aromatic heterocycles. The topological polar surface area (TPSA) is 8.17 Å². The van der Waals surface area contributed by atoms with E-state index in [1.54, 1.807) is 0 Å². The molecule has 0 fully saturated rings. The number of benzene rings is 10. The van der Waals surface area contributed by atoms with Gasteiger partial charge in [0.05, 0.1) is 16.7 Å². The molecule has 0 saturated heterocycles. The van der Waals surface area contributed by atoms with Gasteiger partial charge in [-0.1, -0.05) is 195 Å². The fourth-order valence-electron chi connectivity index (χ4n) is 10.7. The van der Waals surface area contributed by atoms with E-state index in [4.69, 9.17) is 0 Å². The summed E-state index contributed by atoms with van der Waals surface area (Å²) >= 11 is 0. The van der Waals surface area contributed by atoms with E-state index in [9.17, 15) is 0 Å². The Hall–Kier alpha value is -8.20. The molecule has 320 valence electrons. The zero-order valence-corrected chi connectivity index (χ0v) is 38.3. The van der Waals surface area contributed by atoms with E-state index < -0.39 is 0 Å². The van der Waals surface area contributed by atoms with Crippen LogP contribution in [0, 0.1) is 13.8 Å². The monoisotopic (exact) mass is 858 g/mol. The van der Waals surface area contributed by atoms with Gasteiger partial charge in [-0.3, -0.25) is 0 Å². The van der Waals surface area contributed by atoms with Crippen molar-refractivity contribution in [2.24, 2.45) is 0 Å². The van der Waals surface area contributed by atoms with Gasteiger partial charge in [-0.25, -0.2) is 0 Å². The molecule has 2 nitrogen and oxygen atoms in total. The maximum atomic E-state index is 2.49. The molecule has 1 heterocycles. The summed E-state index contributed by atoms with van der Waals surface area (Å²) in [5.41, 5.74) is 24.2. The molecular weight excluding hydrogens is 809 g/mol. The fraction of sp³-hybridized carbons (Fsp3) is 0.0769. The first-order valence-electron chi connectivity index (χ1n) is 23.4. The highest BCUT2D eigenvalue weighted by molar-refractivity contribution is 6.10. The highest BCUT2D eigenvalue weighted by Gasteiger charge is 2.36. The highest BCUT2D eigenvalue weighted by atomic mass is 15.1. The van der Waals surface area contributed by atoms with E-state index in [1.807, 2.05) is 0 Å². The standard InChI is InChI=1S/C65H50N2/c1-43-22-38-62-58(40-43)59-41-44(2)23-39-63(59)67(62)52-34-30-48(31-35-52)46-26-24-45(25-27-46)47-28-32-51(33-29-47)66(53-36-37-57-56-18-11-12-21-60(56)65(3,4)61(57)42-53)64-54(49-14-7-5-8-15-49)19-13-20-55(64)50-16-9-6-10-17-50/h5-42H,1-4H3. The van der Waals surface area contributed by atoms with E-state index in [0.29, 0.717) is 0 Å². The number of rotatable bonds is 8. The quantitative estimate of drug-likeness (QED) is 0.148. The Morgan fingerprint density at radius 3 is 1.34 bits per heavy atom. The summed E-state index contributed by atoms with van der Waals surface area (Å²) in [6.45, 7) is 9.07. The van der Waals surface area contributed by atoms with Crippen LogP contribution >= 0.6 is 0 Å². The minimum Gasteiger partial charge on any atom is -0.309 e. The number of para-hydroxylation sites is 1. The van der Waals surface area contributed by atoms with E-state index in [0.717, 1.165) is 22.7 Å². The minimum atomic E-state index is -0.141. The van der Waals surface area contributed by atoms with Crippen LogP contribution in [0.5, 0.6) is 0 Å². The van der Waals surface area contributed by atoms with Crippen LogP contribution in [0.4, 0.5) is 17.1 Å². The Morgan fingerprint density at radius 1 is 0.343 bits per heavy atom. The molecule has 0 unspecified atom stereocenters. The molecule has 0 N–H and O–H groups in total. The van der Waals surface area contributed by atoms with Crippen LogP contribution in [0.3, 0.4) is 0 Å². The van der Waals surface area contributed by atoms with Crippen molar-refractivity contribution >= 4 is 38.9 Å². The van der Waals surface area contributed by atoms with Crippen LogP contribution in [0.1, 0.15) is 36.1 Å². The summed E-state index contributed by atoms with van der Waals surface area (Å²) < 4.78 is 2.40. The lowest BCUT2D eigenvalue weighted by atomic mass is 9.82. The van der Waals surface area contributed by atoms with Crippen LogP contribution in [0.2, 0.25) is 0 Å². The van der Waals surface area contributed by atoms with Crippen molar-refractivity contribution < 1.29 is 0 Å². The van der Waals surface area contributed by atoms with Crippen molar-refractivity contribution in [1.29, 1.82) is 0 Å². The molecule has 0 radical (unpaired) electrons. The molecule has 67 heavy (non-hydrogen) atoms. The molecule has 1 aliphatic carbocycles. The van der Waals surface area contributed by atoms with Gasteiger partial charge in [0.1, 0.15) is 0 Å². The second-order valence-electron chi connectivity index (χ2n) is 18.7. The molecule has 11 aromatic rings. The van der Waals surface area contributed by atoms with Gasteiger partial charge < -0.3 is 9.47 Å². The molecule has 0 atom stereocenters. The number of hydrogen-bond acceptors (Lipinski definition) is 1. The Labute approximate surface area is 393 Å². The largest absolute Gasteiger partial charge is 0.309 e. The maximum Gasteiger partial charge on any atom is 0.0618 e. The molecule has 12 rings (SSSR count). The second-order valence-corrected chi connectivity index (χ2v) is 18.7. The average molecular weight is 859 g/mol. The maximum absolute atomic E-state index is 2.49. The first kappa shape index (κ1) is 40.3. The molecule has 0 aliphatic heterocycles. The summed E-state index contributed by atoms with van der Waals surface area (Å²) in [6.07, 6.45) is 0. The number of aryl methyl sites for hydroxylation is 2. The highest BCUT2D eigenvalue weighted by Crippen LogP contribution is 2.52. The smallest absolute Gasteiger partial charge is 0.0618 e. The third-order valence-corrected chi connectivity index (χ3v) is 14.1. The van der Waals surface area contributed by atoms with Gasteiger partial charge in [0.25, 0.3) is 0 Å². The fourth-order valence-corrected chi connectivity index (χ4v) is 10.7. The van der Waals surface area contributed by atoms with E-state index in [2.05, 4.69) is 268 Å². The van der Waals surface area contributed by atoms with Gasteiger partial charge in [0.15, 0.2) is 0 Å².